The average molecular weight is 283 g/mol. The van der Waals surface area contributed by atoms with E-state index in [1.165, 1.54) is 32.5 Å². The first kappa shape index (κ1) is 16.2. The molecule has 2 aliphatic heterocycles. The van der Waals surface area contributed by atoms with Gasteiger partial charge in [-0.2, -0.15) is 0 Å². The molecule has 2 rings (SSSR count). The summed E-state index contributed by atoms with van der Waals surface area (Å²) in [6.45, 7) is 15.8. The fourth-order valence-corrected chi connectivity index (χ4v) is 3.44. The molecule has 0 spiro atoms. The standard InChI is InChI=1S/C16H33N3O/c1-4-18-8-6-15(7-9-18)14(3)17-12-16-13-19(5-2)10-11-20-16/h14-17H,4-13H2,1-3H3. The number of likely N-dealkylation sites (tertiary alicyclic amines) is 1. The molecule has 4 heteroatoms. The van der Waals surface area contributed by atoms with Crippen LogP contribution in [0.3, 0.4) is 0 Å². The number of nitrogens with one attached hydrogen (secondary N) is 1. The summed E-state index contributed by atoms with van der Waals surface area (Å²) in [5.41, 5.74) is 0. The Hall–Kier alpha value is -0.160. The quantitative estimate of drug-likeness (QED) is 0.798. The fourth-order valence-electron chi connectivity index (χ4n) is 3.44. The molecule has 2 saturated heterocycles. The van der Waals surface area contributed by atoms with Crippen molar-refractivity contribution in [3.8, 4) is 0 Å². The molecule has 0 aromatic heterocycles. The third-order valence-corrected chi connectivity index (χ3v) is 5.12. The van der Waals surface area contributed by atoms with Crippen LogP contribution < -0.4 is 5.32 Å². The van der Waals surface area contributed by atoms with Crippen LogP contribution in [0.2, 0.25) is 0 Å². The van der Waals surface area contributed by atoms with E-state index in [9.17, 15) is 0 Å². The van der Waals surface area contributed by atoms with Crippen LogP contribution in [-0.4, -0.2) is 74.4 Å². The molecule has 0 bridgehead atoms. The third-order valence-electron chi connectivity index (χ3n) is 5.12. The van der Waals surface area contributed by atoms with Gasteiger partial charge < -0.3 is 15.0 Å². The van der Waals surface area contributed by atoms with E-state index in [1.807, 2.05) is 0 Å². The van der Waals surface area contributed by atoms with Crippen molar-refractivity contribution in [3.63, 3.8) is 0 Å². The van der Waals surface area contributed by atoms with E-state index < -0.39 is 0 Å². The van der Waals surface area contributed by atoms with Crippen LogP contribution in [0.5, 0.6) is 0 Å². The maximum Gasteiger partial charge on any atom is 0.0826 e. The first-order valence-electron chi connectivity index (χ1n) is 8.52. The third kappa shape index (κ3) is 4.69. The summed E-state index contributed by atoms with van der Waals surface area (Å²) in [7, 11) is 0. The zero-order valence-electron chi connectivity index (χ0n) is 13.6. The zero-order valence-corrected chi connectivity index (χ0v) is 13.6. The molecule has 2 aliphatic rings. The molecule has 0 aliphatic carbocycles. The Bertz CT molecular complexity index is 266. The summed E-state index contributed by atoms with van der Waals surface area (Å²) in [6.07, 6.45) is 3.06. The highest BCUT2D eigenvalue weighted by atomic mass is 16.5. The van der Waals surface area contributed by atoms with Crippen LogP contribution in [0, 0.1) is 5.92 Å². The van der Waals surface area contributed by atoms with Crippen molar-refractivity contribution in [2.45, 2.75) is 45.8 Å². The molecule has 2 heterocycles. The molecule has 0 aromatic carbocycles. The van der Waals surface area contributed by atoms with Gasteiger partial charge in [0.25, 0.3) is 0 Å². The fraction of sp³-hybridized carbons (Fsp3) is 1.00. The molecule has 1 N–H and O–H groups in total. The monoisotopic (exact) mass is 283 g/mol. The van der Waals surface area contributed by atoms with Crippen molar-refractivity contribution < 1.29 is 4.74 Å². The Morgan fingerprint density at radius 1 is 1.10 bits per heavy atom. The number of hydrogen-bond acceptors (Lipinski definition) is 4. The molecule has 2 fully saturated rings. The molecule has 20 heavy (non-hydrogen) atoms. The van der Waals surface area contributed by atoms with Gasteiger partial charge in [0.15, 0.2) is 0 Å². The maximum atomic E-state index is 5.87. The number of hydrogen-bond donors (Lipinski definition) is 1. The molecular formula is C16H33N3O. The van der Waals surface area contributed by atoms with Gasteiger partial charge in [0.1, 0.15) is 0 Å². The van der Waals surface area contributed by atoms with Gasteiger partial charge in [-0.05, 0) is 51.9 Å². The number of ether oxygens (including phenoxy) is 1. The second-order valence-electron chi connectivity index (χ2n) is 6.35. The summed E-state index contributed by atoms with van der Waals surface area (Å²) in [6, 6.07) is 0.620. The highest BCUT2D eigenvalue weighted by Crippen LogP contribution is 2.20. The molecule has 0 saturated carbocycles. The van der Waals surface area contributed by atoms with Crippen molar-refractivity contribution >= 4 is 0 Å². The summed E-state index contributed by atoms with van der Waals surface area (Å²) in [5, 5.41) is 3.73. The average Bonchev–Trinajstić information content (AvgIpc) is 2.53. The van der Waals surface area contributed by atoms with Gasteiger partial charge in [-0.3, -0.25) is 4.90 Å². The van der Waals surface area contributed by atoms with E-state index in [-0.39, 0.29) is 0 Å². The second-order valence-corrected chi connectivity index (χ2v) is 6.35. The summed E-state index contributed by atoms with van der Waals surface area (Å²) in [5.74, 6) is 0.837. The van der Waals surface area contributed by atoms with E-state index >= 15 is 0 Å². The predicted molar refractivity (Wildman–Crippen MR) is 84.2 cm³/mol. The van der Waals surface area contributed by atoms with Gasteiger partial charge in [-0.1, -0.05) is 13.8 Å². The minimum atomic E-state index is 0.377. The lowest BCUT2D eigenvalue weighted by Crippen LogP contribution is -2.49. The first-order valence-corrected chi connectivity index (χ1v) is 8.52. The van der Waals surface area contributed by atoms with Crippen LogP contribution in [-0.2, 0) is 4.74 Å². The Kier molecular flexibility index (Phi) is 6.75. The lowest BCUT2D eigenvalue weighted by atomic mass is 9.90. The topological polar surface area (TPSA) is 27.7 Å². The van der Waals surface area contributed by atoms with E-state index in [4.69, 9.17) is 4.74 Å². The normalized spacial score (nSPS) is 28.6. The van der Waals surface area contributed by atoms with Crippen molar-refractivity contribution in [2.24, 2.45) is 5.92 Å². The molecule has 4 nitrogen and oxygen atoms in total. The smallest absolute Gasteiger partial charge is 0.0826 e. The zero-order chi connectivity index (χ0) is 14.4. The van der Waals surface area contributed by atoms with E-state index in [0.29, 0.717) is 12.1 Å². The number of nitrogens with zero attached hydrogens (tertiary/aromatic N) is 2. The van der Waals surface area contributed by atoms with Crippen LogP contribution in [0.4, 0.5) is 0 Å². The van der Waals surface area contributed by atoms with E-state index in [1.54, 1.807) is 0 Å². The van der Waals surface area contributed by atoms with Gasteiger partial charge in [-0.15, -0.1) is 0 Å². The van der Waals surface area contributed by atoms with Crippen molar-refractivity contribution in [3.05, 3.63) is 0 Å². The van der Waals surface area contributed by atoms with E-state index in [2.05, 4.69) is 35.9 Å². The minimum Gasteiger partial charge on any atom is -0.374 e. The lowest BCUT2D eigenvalue weighted by Gasteiger charge is -2.36. The van der Waals surface area contributed by atoms with Crippen LogP contribution >= 0.6 is 0 Å². The SMILES string of the molecule is CCN1CCC(C(C)NCC2CN(CC)CCO2)CC1. The van der Waals surface area contributed by atoms with Gasteiger partial charge in [0.2, 0.25) is 0 Å². The first-order chi connectivity index (χ1) is 9.72. The lowest BCUT2D eigenvalue weighted by molar-refractivity contribution is -0.0272. The van der Waals surface area contributed by atoms with Gasteiger partial charge in [0.05, 0.1) is 12.7 Å². The highest BCUT2D eigenvalue weighted by Gasteiger charge is 2.25. The van der Waals surface area contributed by atoms with Crippen molar-refractivity contribution in [2.75, 3.05) is 52.4 Å². The molecule has 0 aromatic rings. The van der Waals surface area contributed by atoms with Crippen LogP contribution in [0.15, 0.2) is 0 Å². The minimum absolute atomic E-state index is 0.377. The van der Waals surface area contributed by atoms with Gasteiger partial charge in [0, 0.05) is 25.7 Å². The van der Waals surface area contributed by atoms with E-state index in [0.717, 1.165) is 38.7 Å². The maximum absolute atomic E-state index is 5.87. The molecule has 0 radical (unpaired) electrons. The number of likely N-dealkylation sites (N-methyl/N-ethyl adjacent to an activating group) is 1. The Balaban J connectivity index is 1.66. The van der Waals surface area contributed by atoms with Gasteiger partial charge in [-0.25, -0.2) is 0 Å². The number of rotatable bonds is 6. The molecule has 118 valence electrons. The van der Waals surface area contributed by atoms with Crippen LogP contribution in [0.1, 0.15) is 33.6 Å². The summed E-state index contributed by atoms with van der Waals surface area (Å²) < 4.78 is 5.87. The second kappa shape index (κ2) is 8.32. The molecule has 2 unspecified atom stereocenters. The Morgan fingerprint density at radius 3 is 2.45 bits per heavy atom. The number of morpholine rings is 1. The van der Waals surface area contributed by atoms with Crippen molar-refractivity contribution in [1.82, 2.24) is 15.1 Å². The predicted octanol–water partition coefficient (Wildman–Crippen LogP) is 1.42. The Labute approximate surface area is 124 Å². The summed E-state index contributed by atoms with van der Waals surface area (Å²) in [4.78, 5) is 5.05. The molecular weight excluding hydrogens is 250 g/mol. The largest absolute Gasteiger partial charge is 0.374 e. The Morgan fingerprint density at radius 2 is 1.80 bits per heavy atom. The molecule has 2 atom stereocenters. The van der Waals surface area contributed by atoms with Gasteiger partial charge >= 0.3 is 0 Å². The molecule has 0 amide bonds. The number of piperidine rings is 1. The van der Waals surface area contributed by atoms with Crippen LogP contribution in [0.25, 0.3) is 0 Å². The van der Waals surface area contributed by atoms with Crippen molar-refractivity contribution in [1.29, 1.82) is 0 Å². The summed E-state index contributed by atoms with van der Waals surface area (Å²) >= 11 is 0. The highest BCUT2D eigenvalue weighted by molar-refractivity contribution is 4.81.